The Bertz CT molecular complexity index is 375. The second kappa shape index (κ2) is 3.32. The molecular weight excluding hydrogens is 182 g/mol. The molecule has 68 valence electrons. The lowest BCUT2D eigenvalue weighted by Crippen LogP contribution is -2.01. The van der Waals surface area contributed by atoms with Crippen molar-refractivity contribution in [2.75, 3.05) is 0 Å². The van der Waals surface area contributed by atoms with Gasteiger partial charge in [-0.15, -0.1) is 11.3 Å². The van der Waals surface area contributed by atoms with Gasteiger partial charge in [-0.05, 0) is 13.0 Å². The number of rotatable bonds is 2. The number of nitrogens with two attached hydrogens (primary N) is 1. The maximum absolute atomic E-state index is 5.77. The van der Waals surface area contributed by atoms with Crippen molar-refractivity contribution in [2.45, 2.75) is 13.0 Å². The predicted octanol–water partition coefficient (Wildman–Crippen LogP) is 2.16. The van der Waals surface area contributed by atoms with E-state index in [4.69, 9.17) is 5.73 Å². The Kier molecular flexibility index (Phi) is 2.16. The van der Waals surface area contributed by atoms with Crippen molar-refractivity contribution in [2.24, 2.45) is 5.73 Å². The molecule has 3 N–H and O–H groups in total. The molecule has 2 heterocycles. The van der Waals surface area contributed by atoms with Crippen molar-refractivity contribution >= 4 is 11.3 Å². The highest BCUT2D eigenvalue weighted by Gasteiger charge is 2.05. The fraction of sp³-hybridized carbons (Fsp3) is 0.222. The van der Waals surface area contributed by atoms with Gasteiger partial charge in [0.25, 0.3) is 0 Å². The summed E-state index contributed by atoms with van der Waals surface area (Å²) in [6.07, 6.45) is 3.49. The van der Waals surface area contributed by atoms with Crippen LogP contribution in [-0.4, -0.2) is 9.97 Å². The zero-order valence-corrected chi connectivity index (χ0v) is 8.14. The highest BCUT2D eigenvalue weighted by atomic mass is 32.1. The van der Waals surface area contributed by atoms with Gasteiger partial charge in [0.05, 0.1) is 18.2 Å². The average Bonchev–Trinajstić information content (AvgIpc) is 2.75. The van der Waals surface area contributed by atoms with Crippen molar-refractivity contribution in [3.05, 3.63) is 28.8 Å². The fourth-order valence-electron chi connectivity index (χ4n) is 1.15. The maximum atomic E-state index is 5.77. The normalized spacial score (nSPS) is 13.1. The highest BCUT2D eigenvalue weighted by molar-refractivity contribution is 7.10. The van der Waals surface area contributed by atoms with Gasteiger partial charge in [-0.1, -0.05) is 0 Å². The van der Waals surface area contributed by atoms with Crippen LogP contribution in [0.4, 0.5) is 0 Å². The summed E-state index contributed by atoms with van der Waals surface area (Å²) in [6, 6.07) is 2.21. The van der Waals surface area contributed by atoms with Crippen molar-refractivity contribution < 1.29 is 0 Å². The van der Waals surface area contributed by atoms with Crippen molar-refractivity contribution in [1.29, 1.82) is 0 Å². The fourth-order valence-corrected chi connectivity index (χ4v) is 2.01. The molecule has 0 aliphatic heterocycles. The summed E-state index contributed by atoms with van der Waals surface area (Å²) in [4.78, 5) is 8.23. The third-order valence-electron chi connectivity index (χ3n) is 1.88. The van der Waals surface area contributed by atoms with Crippen LogP contribution in [0.25, 0.3) is 11.3 Å². The maximum Gasteiger partial charge on any atom is 0.0924 e. The summed E-state index contributed by atoms with van der Waals surface area (Å²) >= 11 is 1.68. The van der Waals surface area contributed by atoms with Gasteiger partial charge in [0.2, 0.25) is 0 Å². The van der Waals surface area contributed by atoms with Crippen molar-refractivity contribution in [1.82, 2.24) is 9.97 Å². The van der Waals surface area contributed by atoms with Crippen LogP contribution in [0.15, 0.2) is 24.0 Å². The Morgan fingerprint density at radius 3 is 3.00 bits per heavy atom. The second-order valence-electron chi connectivity index (χ2n) is 2.99. The number of aromatic nitrogens is 2. The smallest absolute Gasteiger partial charge is 0.0924 e. The SMILES string of the molecule is C[C@@H](N)c1cc(-c2cnc[nH]2)cs1. The van der Waals surface area contributed by atoms with E-state index < -0.39 is 0 Å². The largest absolute Gasteiger partial charge is 0.345 e. The number of H-pyrrole nitrogens is 1. The molecule has 4 heteroatoms. The van der Waals surface area contributed by atoms with Crippen molar-refractivity contribution in [3.8, 4) is 11.3 Å². The quantitative estimate of drug-likeness (QED) is 0.767. The summed E-state index contributed by atoms with van der Waals surface area (Å²) in [5.41, 5.74) is 7.97. The summed E-state index contributed by atoms with van der Waals surface area (Å²) in [5, 5.41) is 2.09. The van der Waals surface area contributed by atoms with E-state index in [9.17, 15) is 0 Å². The molecule has 0 saturated carbocycles. The van der Waals surface area contributed by atoms with Crippen LogP contribution in [0.5, 0.6) is 0 Å². The van der Waals surface area contributed by atoms with E-state index in [1.165, 1.54) is 4.88 Å². The number of imidazole rings is 1. The minimum Gasteiger partial charge on any atom is -0.345 e. The van der Waals surface area contributed by atoms with E-state index in [1.807, 2.05) is 13.1 Å². The molecule has 0 radical (unpaired) electrons. The van der Waals surface area contributed by atoms with Gasteiger partial charge in [-0.25, -0.2) is 4.98 Å². The Labute approximate surface area is 80.6 Å². The van der Waals surface area contributed by atoms with Gasteiger partial charge in [0.1, 0.15) is 0 Å². The Hall–Kier alpha value is -1.13. The monoisotopic (exact) mass is 193 g/mol. The molecule has 2 aromatic heterocycles. The first-order valence-corrected chi connectivity index (χ1v) is 4.98. The van der Waals surface area contributed by atoms with E-state index in [-0.39, 0.29) is 6.04 Å². The number of hydrogen-bond donors (Lipinski definition) is 2. The first-order valence-electron chi connectivity index (χ1n) is 4.10. The zero-order valence-electron chi connectivity index (χ0n) is 7.32. The summed E-state index contributed by atoms with van der Waals surface area (Å²) < 4.78 is 0. The molecule has 0 saturated heterocycles. The first kappa shape index (κ1) is 8.47. The second-order valence-corrected chi connectivity index (χ2v) is 3.93. The van der Waals surface area contributed by atoms with Gasteiger partial charge >= 0.3 is 0 Å². The van der Waals surface area contributed by atoms with Gasteiger partial charge in [0, 0.05) is 21.9 Å². The molecule has 1 atom stereocenters. The van der Waals surface area contributed by atoms with Crippen LogP contribution in [-0.2, 0) is 0 Å². The van der Waals surface area contributed by atoms with Gasteiger partial charge in [0.15, 0.2) is 0 Å². The van der Waals surface area contributed by atoms with E-state index in [0.717, 1.165) is 11.3 Å². The number of hydrogen-bond acceptors (Lipinski definition) is 3. The van der Waals surface area contributed by atoms with E-state index in [1.54, 1.807) is 17.7 Å². The Morgan fingerprint density at radius 2 is 2.46 bits per heavy atom. The molecular formula is C9H11N3S. The minimum absolute atomic E-state index is 0.113. The molecule has 2 rings (SSSR count). The lowest BCUT2D eigenvalue weighted by Gasteiger charge is -1.97. The van der Waals surface area contributed by atoms with Crippen LogP contribution < -0.4 is 5.73 Å². The molecule has 2 aromatic rings. The van der Waals surface area contributed by atoms with E-state index in [2.05, 4.69) is 21.4 Å². The molecule has 0 unspecified atom stereocenters. The summed E-state index contributed by atoms with van der Waals surface area (Å²) in [6.45, 7) is 1.99. The van der Waals surface area contributed by atoms with E-state index in [0.29, 0.717) is 0 Å². The standard InChI is InChI=1S/C9H11N3S/c1-6(10)9-2-7(4-13-9)8-3-11-5-12-8/h2-6H,10H2,1H3,(H,11,12)/t6-/m1/s1. The van der Waals surface area contributed by atoms with Gasteiger partial charge in [-0.2, -0.15) is 0 Å². The Balaban J connectivity index is 2.33. The number of nitrogens with one attached hydrogen (secondary N) is 1. The van der Waals surface area contributed by atoms with Crippen molar-refractivity contribution in [3.63, 3.8) is 0 Å². The Morgan fingerprint density at radius 1 is 1.62 bits per heavy atom. The molecule has 0 bridgehead atoms. The zero-order chi connectivity index (χ0) is 9.26. The first-order chi connectivity index (χ1) is 6.27. The molecule has 0 aromatic carbocycles. The topological polar surface area (TPSA) is 54.7 Å². The van der Waals surface area contributed by atoms with E-state index >= 15 is 0 Å². The lowest BCUT2D eigenvalue weighted by molar-refractivity contribution is 0.838. The van der Waals surface area contributed by atoms with Crippen LogP contribution in [0.1, 0.15) is 17.8 Å². The number of thiophene rings is 1. The lowest BCUT2D eigenvalue weighted by atomic mass is 10.2. The van der Waals surface area contributed by atoms with Gasteiger partial charge in [-0.3, -0.25) is 0 Å². The third kappa shape index (κ3) is 1.64. The molecule has 0 spiro atoms. The molecule has 0 fully saturated rings. The highest BCUT2D eigenvalue weighted by Crippen LogP contribution is 2.26. The number of aromatic amines is 1. The van der Waals surface area contributed by atoms with Crippen LogP contribution in [0.3, 0.4) is 0 Å². The molecule has 3 nitrogen and oxygen atoms in total. The summed E-state index contributed by atoms with van der Waals surface area (Å²) in [5.74, 6) is 0. The summed E-state index contributed by atoms with van der Waals surface area (Å²) in [7, 11) is 0. The minimum atomic E-state index is 0.113. The third-order valence-corrected chi connectivity index (χ3v) is 3.01. The van der Waals surface area contributed by atoms with Crippen LogP contribution in [0, 0.1) is 0 Å². The number of nitrogens with zero attached hydrogens (tertiary/aromatic N) is 1. The molecule has 13 heavy (non-hydrogen) atoms. The molecule has 0 aliphatic carbocycles. The van der Waals surface area contributed by atoms with Crippen LogP contribution >= 0.6 is 11.3 Å². The van der Waals surface area contributed by atoms with Gasteiger partial charge < -0.3 is 10.7 Å². The molecule has 0 amide bonds. The van der Waals surface area contributed by atoms with Crippen LogP contribution in [0.2, 0.25) is 0 Å². The molecule has 0 aliphatic rings. The predicted molar refractivity (Wildman–Crippen MR) is 54.5 cm³/mol. The average molecular weight is 193 g/mol.